The van der Waals surface area contributed by atoms with Gasteiger partial charge in [-0.2, -0.15) is 0 Å². The number of rotatable bonds is 4. The topological polar surface area (TPSA) is 59.0 Å². The van der Waals surface area contributed by atoms with Crippen LogP contribution < -0.4 is 9.47 Å². The molecule has 1 fully saturated rings. The number of hydrogen-bond donors (Lipinski definition) is 1. The molecule has 0 radical (unpaired) electrons. The molecule has 1 aliphatic rings. The Balaban J connectivity index is 2.07. The Bertz CT molecular complexity index is 475. The second kappa shape index (κ2) is 6.61. The van der Waals surface area contributed by atoms with Crippen LogP contribution in [0.2, 0.25) is 0 Å². The number of ether oxygens (including phenoxy) is 2. The number of piperidine rings is 1. The van der Waals surface area contributed by atoms with Crippen molar-refractivity contribution in [3.05, 3.63) is 23.8 Å². The van der Waals surface area contributed by atoms with E-state index in [0.29, 0.717) is 24.6 Å². The normalized spacial score (nSPS) is 18.8. The summed E-state index contributed by atoms with van der Waals surface area (Å²) in [4.78, 5) is 14.0. The predicted octanol–water partition coefficient (Wildman–Crippen LogP) is 1.23. The fourth-order valence-corrected chi connectivity index (χ4v) is 2.45. The molecule has 0 aromatic heterocycles. The van der Waals surface area contributed by atoms with Gasteiger partial charge in [0.2, 0.25) is 5.91 Å². The average molecular weight is 279 g/mol. The predicted molar refractivity (Wildman–Crippen MR) is 75.1 cm³/mol. The van der Waals surface area contributed by atoms with Crippen molar-refractivity contribution in [3.8, 4) is 11.5 Å². The Morgan fingerprint density at radius 3 is 2.85 bits per heavy atom. The van der Waals surface area contributed by atoms with E-state index in [2.05, 4.69) is 0 Å². The van der Waals surface area contributed by atoms with Gasteiger partial charge in [0, 0.05) is 24.7 Å². The van der Waals surface area contributed by atoms with Crippen LogP contribution in [-0.2, 0) is 11.2 Å². The quantitative estimate of drug-likeness (QED) is 0.900. The minimum Gasteiger partial charge on any atom is -0.497 e. The second-order valence-electron chi connectivity index (χ2n) is 4.99. The third-order valence-corrected chi connectivity index (χ3v) is 3.59. The summed E-state index contributed by atoms with van der Waals surface area (Å²) >= 11 is 0. The first-order valence-electron chi connectivity index (χ1n) is 6.80. The third kappa shape index (κ3) is 3.42. The number of amides is 1. The van der Waals surface area contributed by atoms with Crippen molar-refractivity contribution in [1.82, 2.24) is 4.90 Å². The summed E-state index contributed by atoms with van der Waals surface area (Å²) in [5, 5.41) is 9.63. The fourth-order valence-electron chi connectivity index (χ4n) is 2.45. The molecular formula is C15H21NO4. The Morgan fingerprint density at radius 2 is 2.20 bits per heavy atom. The van der Waals surface area contributed by atoms with E-state index in [9.17, 15) is 9.90 Å². The van der Waals surface area contributed by atoms with Gasteiger partial charge < -0.3 is 19.5 Å². The number of methoxy groups -OCH3 is 2. The molecule has 0 bridgehead atoms. The van der Waals surface area contributed by atoms with E-state index >= 15 is 0 Å². The highest BCUT2D eigenvalue weighted by atomic mass is 16.5. The molecule has 0 spiro atoms. The van der Waals surface area contributed by atoms with Crippen LogP contribution in [0.25, 0.3) is 0 Å². The molecule has 0 saturated carbocycles. The second-order valence-corrected chi connectivity index (χ2v) is 4.99. The summed E-state index contributed by atoms with van der Waals surface area (Å²) in [7, 11) is 3.17. The molecule has 1 aromatic carbocycles. The molecule has 20 heavy (non-hydrogen) atoms. The standard InChI is InChI=1S/C15H21NO4/c1-19-13-6-5-11(14(9-13)20-2)8-15(18)16-7-3-4-12(17)10-16/h5-6,9,12,17H,3-4,7-8,10H2,1-2H3/t12-/m0/s1. The van der Waals surface area contributed by atoms with Gasteiger partial charge >= 0.3 is 0 Å². The zero-order chi connectivity index (χ0) is 14.5. The smallest absolute Gasteiger partial charge is 0.227 e. The van der Waals surface area contributed by atoms with Crippen molar-refractivity contribution < 1.29 is 19.4 Å². The van der Waals surface area contributed by atoms with E-state index in [1.54, 1.807) is 25.2 Å². The highest BCUT2D eigenvalue weighted by molar-refractivity contribution is 5.79. The van der Waals surface area contributed by atoms with Gasteiger partial charge in [-0.05, 0) is 18.9 Å². The molecule has 0 unspecified atom stereocenters. The molecule has 1 aromatic rings. The van der Waals surface area contributed by atoms with Crippen LogP contribution >= 0.6 is 0 Å². The van der Waals surface area contributed by atoms with Crippen molar-refractivity contribution in [1.29, 1.82) is 0 Å². The maximum Gasteiger partial charge on any atom is 0.227 e. The summed E-state index contributed by atoms with van der Waals surface area (Å²) < 4.78 is 10.4. The summed E-state index contributed by atoms with van der Waals surface area (Å²) in [5.41, 5.74) is 0.832. The van der Waals surface area contributed by atoms with E-state index in [-0.39, 0.29) is 12.3 Å². The summed E-state index contributed by atoms with van der Waals surface area (Å²) in [6, 6.07) is 5.43. The zero-order valence-electron chi connectivity index (χ0n) is 12.0. The number of nitrogens with zero attached hydrogens (tertiary/aromatic N) is 1. The number of hydrogen-bond acceptors (Lipinski definition) is 4. The average Bonchev–Trinajstić information content (AvgIpc) is 2.47. The number of β-amino-alcohol motifs (C(OH)–C–C–N with tert-alkyl or cyclic N) is 1. The maximum atomic E-state index is 12.3. The van der Waals surface area contributed by atoms with Crippen LogP contribution in [0.3, 0.4) is 0 Å². The summed E-state index contributed by atoms with van der Waals surface area (Å²) in [6.07, 6.45) is 1.51. The van der Waals surface area contributed by atoms with Crippen molar-refractivity contribution >= 4 is 5.91 Å². The first kappa shape index (κ1) is 14.7. The lowest BCUT2D eigenvalue weighted by Gasteiger charge is -2.30. The highest BCUT2D eigenvalue weighted by Gasteiger charge is 2.22. The lowest BCUT2D eigenvalue weighted by molar-refractivity contribution is -0.133. The molecule has 1 atom stereocenters. The number of carbonyl (C=O) groups is 1. The van der Waals surface area contributed by atoms with Crippen LogP contribution in [0, 0.1) is 0 Å². The van der Waals surface area contributed by atoms with Gasteiger partial charge in [-0.25, -0.2) is 0 Å². The van der Waals surface area contributed by atoms with Gasteiger partial charge in [-0.1, -0.05) is 6.07 Å². The van der Waals surface area contributed by atoms with Crippen molar-refractivity contribution in [3.63, 3.8) is 0 Å². The molecule has 1 amide bonds. The molecule has 1 N–H and O–H groups in total. The molecule has 2 rings (SSSR count). The van der Waals surface area contributed by atoms with E-state index < -0.39 is 6.10 Å². The molecule has 5 nitrogen and oxygen atoms in total. The Kier molecular flexibility index (Phi) is 4.84. The Morgan fingerprint density at radius 1 is 1.40 bits per heavy atom. The monoisotopic (exact) mass is 279 g/mol. The van der Waals surface area contributed by atoms with Crippen LogP contribution in [0.4, 0.5) is 0 Å². The number of likely N-dealkylation sites (tertiary alicyclic amines) is 1. The summed E-state index contributed by atoms with van der Waals surface area (Å²) in [6.45, 7) is 1.14. The van der Waals surface area contributed by atoms with E-state index in [1.807, 2.05) is 12.1 Å². The van der Waals surface area contributed by atoms with Crippen LogP contribution in [0.15, 0.2) is 18.2 Å². The van der Waals surface area contributed by atoms with Crippen LogP contribution in [-0.4, -0.2) is 49.3 Å². The molecule has 1 saturated heterocycles. The molecule has 110 valence electrons. The minimum absolute atomic E-state index is 0.0206. The van der Waals surface area contributed by atoms with E-state index in [1.165, 1.54) is 0 Å². The van der Waals surface area contributed by atoms with Gasteiger partial charge in [0.25, 0.3) is 0 Å². The van der Waals surface area contributed by atoms with Crippen molar-refractivity contribution in [2.75, 3.05) is 27.3 Å². The molecule has 0 aliphatic carbocycles. The Labute approximate surface area is 119 Å². The number of aliphatic hydroxyl groups excluding tert-OH is 1. The molecule has 5 heteroatoms. The first-order valence-corrected chi connectivity index (χ1v) is 6.80. The molecule has 1 heterocycles. The lowest BCUT2D eigenvalue weighted by atomic mass is 10.1. The van der Waals surface area contributed by atoms with Gasteiger partial charge in [-0.15, -0.1) is 0 Å². The zero-order valence-corrected chi connectivity index (χ0v) is 12.0. The SMILES string of the molecule is COc1ccc(CC(=O)N2CCC[C@H](O)C2)c(OC)c1. The van der Waals surface area contributed by atoms with E-state index in [4.69, 9.17) is 9.47 Å². The highest BCUT2D eigenvalue weighted by Crippen LogP contribution is 2.25. The van der Waals surface area contributed by atoms with Crippen molar-refractivity contribution in [2.45, 2.75) is 25.4 Å². The number of aliphatic hydroxyl groups is 1. The fraction of sp³-hybridized carbons (Fsp3) is 0.533. The summed E-state index contributed by atoms with van der Waals surface area (Å²) in [5.74, 6) is 1.37. The van der Waals surface area contributed by atoms with Crippen LogP contribution in [0.1, 0.15) is 18.4 Å². The van der Waals surface area contributed by atoms with Gasteiger partial charge in [0.15, 0.2) is 0 Å². The minimum atomic E-state index is -0.398. The first-order chi connectivity index (χ1) is 9.63. The van der Waals surface area contributed by atoms with E-state index in [0.717, 1.165) is 18.4 Å². The van der Waals surface area contributed by atoms with Crippen molar-refractivity contribution in [2.24, 2.45) is 0 Å². The number of benzene rings is 1. The van der Waals surface area contributed by atoms with Gasteiger partial charge in [0.05, 0.1) is 26.7 Å². The Hall–Kier alpha value is -1.75. The lowest BCUT2D eigenvalue weighted by Crippen LogP contribution is -2.42. The largest absolute Gasteiger partial charge is 0.497 e. The maximum absolute atomic E-state index is 12.3. The van der Waals surface area contributed by atoms with Crippen LogP contribution in [0.5, 0.6) is 11.5 Å². The van der Waals surface area contributed by atoms with Gasteiger partial charge in [0.1, 0.15) is 11.5 Å². The third-order valence-electron chi connectivity index (χ3n) is 3.59. The number of carbonyl (C=O) groups excluding carboxylic acids is 1. The molecular weight excluding hydrogens is 258 g/mol. The molecule has 1 aliphatic heterocycles. The van der Waals surface area contributed by atoms with Gasteiger partial charge in [-0.3, -0.25) is 4.79 Å².